The van der Waals surface area contributed by atoms with Crippen LogP contribution in [-0.2, 0) is 0 Å². The fraction of sp³-hybridized carbons (Fsp3) is 0.500. The average Bonchev–Trinajstić information content (AvgIpc) is 2.27. The van der Waals surface area contributed by atoms with Gasteiger partial charge in [-0.25, -0.2) is 0 Å². The fourth-order valence-corrected chi connectivity index (χ4v) is 1.36. The van der Waals surface area contributed by atoms with E-state index in [0.717, 1.165) is 5.75 Å². The van der Waals surface area contributed by atoms with Gasteiger partial charge in [0.05, 0.1) is 24.9 Å². The molecule has 1 rings (SSSR count). The van der Waals surface area contributed by atoms with Gasteiger partial charge in [0.25, 0.3) is 0 Å². The van der Waals surface area contributed by atoms with Gasteiger partial charge in [0.2, 0.25) is 0 Å². The second-order valence-corrected chi connectivity index (χ2v) is 4.03. The lowest BCUT2D eigenvalue weighted by atomic mass is 10.0. The Kier molecular flexibility index (Phi) is 4.73. The van der Waals surface area contributed by atoms with Crippen LogP contribution in [-0.4, -0.2) is 29.0 Å². The van der Waals surface area contributed by atoms with Crippen LogP contribution in [0.5, 0.6) is 5.75 Å². The highest BCUT2D eigenvalue weighted by atomic mass is 16.5. The molecule has 4 heteroatoms. The Hall–Kier alpha value is -1.10. The van der Waals surface area contributed by atoms with Gasteiger partial charge in [-0.3, -0.25) is 0 Å². The van der Waals surface area contributed by atoms with Gasteiger partial charge in [-0.2, -0.15) is 0 Å². The summed E-state index contributed by atoms with van der Waals surface area (Å²) >= 11 is 0. The highest BCUT2D eigenvalue weighted by Crippen LogP contribution is 2.20. The summed E-state index contributed by atoms with van der Waals surface area (Å²) in [6, 6.07) is 6.40. The van der Waals surface area contributed by atoms with Gasteiger partial charge in [0.1, 0.15) is 5.75 Å². The molecule has 0 heterocycles. The van der Waals surface area contributed by atoms with E-state index >= 15 is 0 Å². The smallest absolute Gasteiger partial charge is 0.119 e. The second-order valence-electron chi connectivity index (χ2n) is 4.03. The molecule has 1 aromatic carbocycles. The summed E-state index contributed by atoms with van der Waals surface area (Å²) in [6.45, 7) is 3.65. The molecule has 0 fully saturated rings. The molecule has 2 unspecified atom stereocenters. The standard InChI is InChI=1S/C12H19NO3/c1-8(2)16-10-5-3-9(4-6-10)12(15)11(13)7-14/h3-6,8,11-12,14-15H,7,13H2,1-2H3. The molecule has 0 saturated heterocycles. The first-order valence-electron chi connectivity index (χ1n) is 5.35. The first-order chi connectivity index (χ1) is 7.54. The number of hydrogen-bond donors (Lipinski definition) is 3. The van der Waals surface area contributed by atoms with Gasteiger partial charge in [0, 0.05) is 0 Å². The summed E-state index contributed by atoms with van der Waals surface area (Å²) in [5, 5.41) is 18.6. The lowest BCUT2D eigenvalue weighted by Crippen LogP contribution is -2.31. The molecule has 4 nitrogen and oxygen atoms in total. The summed E-state index contributed by atoms with van der Waals surface area (Å²) in [4.78, 5) is 0. The zero-order valence-electron chi connectivity index (χ0n) is 9.63. The van der Waals surface area contributed by atoms with Crippen molar-refractivity contribution in [2.45, 2.75) is 32.1 Å². The maximum absolute atomic E-state index is 9.74. The Morgan fingerprint density at radius 2 is 1.81 bits per heavy atom. The summed E-state index contributed by atoms with van der Waals surface area (Å²) in [7, 11) is 0. The van der Waals surface area contributed by atoms with Crippen molar-refractivity contribution in [3.63, 3.8) is 0 Å². The van der Waals surface area contributed by atoms with E-state index in [9.17, 15) is 5.11 Å². The molecule has 4 N–H and O–H groups in total. The third kappa shape index (κ3) is 3.48. The molecule has 90 valence electrons. The maximum Gasteiger partial charge on any atom is 0.119 e. The molecule has 0 aliphatic carbocycles. The Balaban J connectivity index is 2.70. The second kappa shape index (κ2) is 5.84. The summed E-state index contributed by atoms with van der Waals surface area (Å²) in [5.41, 5.74) is 6.21. The van der Waals surface area contributed by atoms with Crippen LogP contribution in [0.2, 0.25) is 0 Å². The van der Waals surface area contributed by atoms with Crippen LogP contribution in [0, 0.1) is 0 Å². The number of aliphatic hydroxyl groups excluding tert-OH is 2. The first kappa shape index (κ1) is 13.0. The van der Waals surface area contributed by atoms with E-state index in [-0.39, 0.29) is 12.7 Å². The van der Waals surface area contributed by atoms with Crippen LogP contribution < -0.4 is 10.5 Å². The number of hydrogen-bond acceptors (Lipinski definition) is 4. The number of benzene rings is 1. The van der Waals surface area contributed by atoms with Crippen molar-refractivity contribution < 1.29 is 14.9 Å². The summed E-state index contributed by atoms with van der Waals surface area (Å²) in [6.07, 6.45) is -0.728. The monoisotopic (exact) mass is 225 g/mol. The average molecular weight is 225 g/mol. The lowest BCUT2D eigenvalue weighted by Gasteiger charge is -2.17. The van der Waals surface area contributed by atoms with Crippen LogP contribution in [0.25, 0.3) is 0 Å². The van der Waals surface area contributed by atoms with Crippen LogP contribution in [0.15, 0.2) is 24.3 Å². The highest BCUT2D eigenvalue weighted by Gasteiger charge is 2.15. The van der Waals surface area contributed by atoms with Crippen LogP contribution >= 0.6 is 0 Å². The molecule has 2 atom stereocenters. The normalized spacial score (nSPS) is 14.9. The maximum atomic E-state index is 9.74. The van der Waals surface area contributed by atoms with Crippen molar-refractivity contribution in [2.24, 2.45) is 5.73 Å². The van der Waals surface area contributed by atoms with Gasteiger partial charge in [-0.05, 0) is 31.5 Å². The van der Waals surface area contributed by atoms with Gasteiger partial charge < -0.3 is 20.7 Å². The van der Waals surface area contributed by atoms with Crippen molar-refractivity contribution >= 4 is 0 Å². The van der Waals surface area contributed by atoms with Gasteiger partial charge in [0.15, 0.2) is 0 Å². The largest absolute Gasteiger partial charge is 0.491 e. The number of aliphatic hydroxyl groups is 2. The highest BCUT2D eigenvalue weighted by molar-refractivity contribution is 5.29. The van der Waals surface area contributed by atoms with E-state index in [4.69, 9.17) is 15.6 Å². The third-order valence-corrected chi connectivity index (χ3v) is 2.21. The van der Waals surface area contributed by atoms with E-state index in [1.807, 2.05) is 13.8 Å². The zero-order valence-corrected chi connectivity index (χ0v) is 9.63. The molecule has 0 spiro atoms. The Labute approximate surface area is 95.7 Å². The minimum atomic E-state index is -0.849. The number of rotatable bonds is 5. The minimum Gasteiger partial charge on any atom is -0.491 e. The molecule has 0 radical (unpaired) electrons. The van der Waals surface area contributed by atoms with Crippen molar-refractivity contribution in [3.8, 4) is 5.75 Å². The van der Waals surface area contributed by atoms with Gasteiger partial charge in [-0.1, -0.05) is 12.1 Å². The van der Waals surface area contributed by atoms with Crippen molar-refractivity contribution in [1.29, 1.82) is 0 Å². The molecule has 16 heavy (non-hydrogen) atoms. The van der Waals surface area contributed by atoms with E-state index < -0.39 is 12.1 Å². The van der Waals surface area contributed by atoms with E-state index in [0.29, 0.717) is 5.56 Å². The SMILES string of the molecule is CC(C)Oc1ccc(C(O)C(N)CO)cc1. The molecule has 0 aliphatic heterocycles. The molecular formula is C12H19NO3. The van der Waals surface area contributed by atoms with Crippen LogP contribution in [0.3, 0.4) is 0 Å². The minimum absolute atomic E-state index is 0.121. The molecule has 0 aromatic heterocycles. The number of ether oxygens (including phenoxy) is 1. The Bertz CT molecular complexity index is 311. The quantitative estimate of drug-likeness (QED) is 0.693. The van der Waals surface area contributed by atoms with E-state index in [1.54, 1.807) is 24.3 Å². The molecule has 0 saturated carbocycles. The molecule has 0 aliphatic rings. The van der Waals surface area contributed by atoms with E-state index in [1.165, 1.54) is 0 Å². The summed E-state index contributed by atoms with van der Waals surface area (Å²) < 4.78 is 5.47. The third-order valence-electron chi connectivity index (χ3n) is 2.21. The predicted octanol–water partition coefficient (Wildman–Crippen LogP) is 0.827. The molecule has 0 amide bonds. The number of nitrogens with two attached hydrogens (primary N) is 1. The molecule has 0 bridgehead atoms. The van der Waals surface area contributed by atoms with Crippen molar-refractivity contribution in [2.75, 3.05) is 6.61 Å². The first-order valence-corrected chi connectivity index (χ1v) is 5.35. The van der Waals surface area contributed by atoms with Crippen LogP contribution in [0.1, 0.15) is 25.5 Å². The lowest BCUT2D eigenvalue weighted by molar-refractivity contribution is 0.109. The van der Waals surface area contributed by atoms with Crippen molar-refractivity contribution in [3.05, 3.63) is 29.8 Å². The van der Waals surface area contributed by atoms with Gasteiger partial charge >= 0.3 is 0 Å². The molecular weight excluding hydrogens is 206 g/mol. The van der Waals surface area contributed by atoms with Crippen molar-refractivity contribution in [1.82, 2.24) is 0 Å². The molecule has 1 aromatic rings. The van der Waals surface area contributed by atoms with Crippen LogP contribution in [0.4, 0.5) is 0 Å². The van der Waals surface area contributed by atoms with E-state index in [2.05, 4.69) is 0 Å². The topological polar surface area (TPSA) is 75.7 Å². The van der Waals surface area contributed by atoms with Gasteiger partial charge in [-0.15, -0.1) is 0 Å². The zero-order chi connectivity index (χ0) is 12.1. The fourth-order valence-electron chi connectivity index (χ4n) is 1.36. The summed E-state index contributed by atoms with van der Waals surface area (Å²) in [5.74, 6) is 0.753. The Morgan fingerprint density at radius 1 is 1.25 bits per heavy atom. The Morgan fingerprint density at radius 3 is 2.25 bits per heavy atom. The predicted molar refractivity (Wildman–Crippen MR) is 62.2 cm³/mol.